The van der Waals surface area contributed by atoms with Gasteiger partial charge in [0.05, 0.1) is 0 Å². The predicted octanol–water partition coefficient (Wildman–Crippen LogP) is 2.90. The second kappa shape index (κ2) is 4.32. The largest absolute Gasteiger partial charge is 0.382 e. The smallest absolute Gasteiger partial charge is 0.336 e. The summed E-state index contributed by atoms with van der Waals surface area (Å²) in [6.45, 7) is 0. The first-order valence-corrected chi connectivity index (χ1v) is 4.05. The third-order valence-corrected chi connectivity index (χ3v) is 1.91. The highest BCUT2D eigenvalue weighted by Gasteiger charge is 2.49. The Kier molecular flexibility index (Phi) is 3.47. The van der Waals surface area contributed by atoms with Gasteiger partial charge >= 0.3 is 12.3 Å². The van der Waals surface area contributed by atoms with Crippen LogP contribution in [0.15, 0.2) is 18.2 Å². The normalized spacial score (nSPS) is 14.2. The lowest BCUT2D eigenvalue weighted by Gasteiger charge is -2.22. The minimum atomic E-state index is -4.79. The lowest BCUT2D eigenvalue weighted by atomic mass is 10.0. The Hall–Kier alpha value is -1.24. The van der Waals surface area contributed by atoms with E-state index in [0.29, 0.717) is 12.1 Å². The van der Waals surface area contributed by atoms with Crippen LogP contribution in [-0.4, -0.2) is 17.5 Å². The zero-order valence-electron chi connectivity index (χ0n) is 7.60. The molecular formula is C9H6F6O. The molecule has 1 aromatic rings. The molecule has 16 heavy (non-hydrogen) atoms. The molecule has 0 saturated heterocycles. The van der Waals surface area contributed by atoms with Crippen molar-refractivity contribution >= 4 is 0 Å². The van der Waals surface area contributed by atoms with Crippen molar-refractivity contribution in [2.24, 2.45) is 0 Å². The summed E-state index contributed by atoms with van der Waals surface area (Å²) in [6.07, 6.45) is -7.17. The molecule has 1 unspecified atom stereocenters. The second-order valence-electron chi connectivity index (χ2n) is 3.04. The molecule has 1 aromatic carbocycles. The van der Waals surface area contributed by atoms with E-state index in [1.807, 2.05) is 0 Å². The highest BCUT2D eigenvalue weighted by atomic mass is 19.3. The van der Waals surface area contributed by atoms with Crippen molar-refractivity contribution in [2.45, 2.75) is 18.5 Å². The summed E-state index contributed by atoms with van der Waals surface area (Å²) in [6, 6.07) is 1.30. The molecule has 1 rings (SSSR count). The summed E-state index contributed by atoms with van der Waals surface area (Å²) >= 11 is 0. The van der Waals surface area contributed by atoms with Crippen molar-refractivity contribution < 1.29 is 31.4 Å². The average Bonchev–Trinajstić information content (AvgIpc) is 2.16. The number of alkyl halides is 4. The molecule has 0 radical (unpaired) electrons. The van der Waals surface area contributed by atoms with Gasteiger partial charge in [0.25, 0.3) is 0 Å². The van der Waals surface area contributed by atoms with Crippen molar-refractivity contribution in [1.82, 2.24) is 0 Å². The second-order valence-corrected chi connectivity index (χ2v) is 3.04. The van der Waals surface area contributed by atoms with Gasteiger partial charge in [-0.05, 0) is 6.07 Å². The first-order chi connectivity index (χ1) is 7.26. The Balaban J connectivity index is 3.10. The van der Waals surface area contributed by atoms with Crippen molar-refractivity contribution in [3.8, 4) is 0 Å². The fourth-order valence-electron chi connectivity index (χ4n) is 1.05. The minimum absolute atomic E-state index is 0.222. The van der Waals surface area contributed by atoms with E-state index in [9.17, 15) is 26.3 Å². The molecule has 0 aliphatic heterocycles. The Morgan fingerprint density at radius 3 is 2.12 bits per heavy atom. The topological polar surface area (TPSA) is 20.2 Å². The number of aliphatic hydroxyl groups excluding tert-OH is 1. The van der Waals surface area contributed by atoms with Gasteiger partial charge in [-0.1, -0.05) is 6.07 Å². The maximum Gasteiger partial charge on any atom is 0.336 e. The molecule has 0 heterocycles. The number of rotatable bonds is 3. The van der Waals surface area contributed by atoms with E-state index in [4.69, 9.17) is 5.11 Å². The van der Waals surface area contributed by atoms with E-state index in [0.717, 1.165) is 0 Å². The van der Waals surface area contributed by atoms with Crippen LogP contribution in [0.2, 0.25) is 0 Å². The zero-order valence-corrected chi connectivity index (χ0v) is 7.60. The quantitative estimate of drug-likeness (QED) is 0.810. The van der Waals surface area contributed by atoms with Crippen LogP contribution in [0.5, 0.6) is 0 Å². The monoisotopic (exact) mass is 244 g/mol. The van der Waals surface area contributed by atoms with Crippen LogP contribution in [0.1, 0.15) is 11.7 Å². The molecule has 1 nitrogen and oxygen atoms in total. The minimum Gasteiger partial charge on any atom is -0.382 e. The summed E-state index contributed by atoms with van der Waals surface area (Å²) in [5, 5.41) is 8.90. The molecule has 0 spiro atoms. The van der Waals surface area contributed by atoms with Gasteiger partial charge in [-0.2, -0.15) is 8.78 Å². The van der Waals surface area contributed by atoms with Gasteiger partial charge in [0.15, 0.2) is 6.10 Å². The summed E-state index contributed by atoms with van der Waals surface area (Å²) in [7, 11) is 0. The Morgan fingerprint density at radius 1 is 1.12 bits per heavy atom. The first-order valence-electron chi connectivity index (χ1n) is 4.05. The van der Waals surface area contributed by atoms with E-state index in [1.165, 1.54) is 0 Å². The first kappa shape index (κ1) is 12.8. The highest BCUT2D eigenvalue weighted by Crippen LogP contribution is 2.37. The third-order valence-electron chi connectivity index (χ3n) is 1.91. The number of aliphatic hydroxyl groups is 1. The van der Waals surface area contributed by atoms with E-state index in [-0.39, 0.29) is 6.07 Å². The third kappa shape index (κ3) is 2.29. The summed E-state index contributed by atoms with van der Waals surface area (Å²) in [4.78, 5) is 0. The van der Waals surface area contributed by atoms with Crippen molar-refractivity contribution in [3.63, 3.8) is 0 Å². The van der Waals surface area contributed by atoms with Crippen LogP contribution in [0.25, 0.3) is 0 Å². The van der Waals surface area contributed by atoms with Crippen molar-refractivity contribution in [1.29, 1.82) is 0 Å². The standard InChI is InChI=1S/C9H6F6O/c10-4-1-2-5(6(11)3-4)7(16)9(14,15)8(12)13/h1-3,7-8,16H. The molecule has 0 aromatic heterocycles. The van der Waals surface area contributed by atoms with Gasteiger partial charge in [0.1, 0.15) is 11.6 Å². The molecule has 0 aliphatic carbocycles. The molecule has 0 bridgehead atoms. The maximum atomic E-state index is 12.9. The molecule has 0 aliphatic rings. The fourth-order valence-corrected chi connectivity index (χ4v) is 1.05. The highest BCUT2D eigenvalue weighted by molar-refractivity contribution is 5.22. The van der Waals surface area contributed by atoms with Gasteiger partial charge in [-0.25, -0.2) is 17.6 Å². The number of benzene rings is 1. The van der Waals surface area contributed by atoms with Gasteiger partial charge < -0.3 is 5.11 Å². The fraction of sp³-hybridized carbons (Fsp3) is 0.333. The number of hydrogen-bond donors (Lipinski definition) is 1. The van der Waals surface area contributed by atoms with E-state index in [1.54, 1.807) is 0 Å². The van der Waals surface area contributed by atoms with Crippen molar-refractivity contribution in [3.05, 3.63) is 35.4 Å². The lowest BCUT2D eigenvalue weighted by molar-refractivity contribution is -0.194. The van der Waals surface area contributed by atoms with E-state index < -0.39 is 35.6 Å². The van der Waals surface area contributed by atoms with Crippen LogP contribution in [0, 0.1) is 11.6 Å². The van der Waals surface area contributed by atoms with Crippen molar-refractivity contribution in [2.75, 3.05) is 0 Å². The number of halogens is 6. The molecule has 0 amide bonds. The van der Waals surface area contributed by atoms with Gasteiger partial charge in [0, 0.05) is 11.6 Å². The van der Waals surface area contributed by atoms with Crippen LogP contribution >= 0.6 is 0 Å². The maximum absolute atomic E-state index is 12.9. The van der Waals surface area contributed by atoms with Gasteiger partial charge in [0.2, 0.25) is 0 Å². The lowest BCUT2D eigenvalue weighted by Crippen LogP contribution is -2.34. The van der Waals surface area contributed by atoms with Gasteiger partial charge in [-0.15, -0.1) is 0 Å². The Bertz CT molecular complexity index is 378. The molecule has 7 heteroatoms. The molecule has 0 fully saturated rings. The summed E-state index contributed by atoms with van der Waals surface area (Å²) in [5.41, 5.74) is -1.08. The SMILES string of the molecule is OC(c1ccc(F)cc1F)C(F)(F)C(F)F. The van der Waals surface area contributed by atoms with E-state index in [2.05, 4.69) is 0 Å². The van der Waals surface area contributed by atoms with Crippen LogP contribution in [0.3, 0.4) is 0 Å². The summed E-state index contributed by atoms with van der Waals surface area (Å²) in [5.74, 6) is -7.36. The molecule has 1 N–H and O–H groups in total. The molecule has 90 valence electrons. The van der Waals surface area contributed by atoms with Crippen LogP contribution in [-0.2, 0) is 0 Å². The van der Waals surface area contributed by atoms with Crippen LogP contribution in [0.4, 0.5) is 26.3 Å². The van der Waals surface area contributed by atoms with E-state index >= 15 is 0 Å². The summed E-state index contributed by atoms with van der Waals surface area (Å²) < 4.78 is 74.3. The predicted molar refractivity (Wildman–Crippen MR) is 42.3 cm³/mol. The Morgan fingerprint density at radius 2 is 1.69 bits per heavy atom. The molecular weight excluding hydrogens is 238 g/mol. The average molecular weight is 244 g/mol. The molecule has 1 atom stereocenters. The van der Waals surface area contributed by atoms with Crippen LogP contribution < -0.4 is 0 Å². The molecule has 0 saturated carbocycles. The Labute approximate surface area is 86.3 Å². The number of hydrogen-bond acceptors (Lipinski definition) is 1. The zero-order chi connectivity index (χ0) is 12.5. The van der Waals surface area contributed by atoms with Gasteiger partial charge in [-0.3, -0.25) is 0 Å².